The summed E-state index contributed by atoms with van der Waals surface area (Å²) < 4.78 is 11.4. The highest BCUT2D eigenvalue weighted by molar-refractivity contribution is 7.80. The second kappa shape index (κ2) is 4.34. The summed E-state index contributed by atoms with van der Waals surface area (Å²) in [6.45, 7) is 1.34. The summed E-state index contributed by atoms with van der Waals surface area (Å²) in [5.74, 6) is 0.220. The molecule has 0 aliphatic carbocycles. The molecule has 0 radical (unpaired) electrons. The lowest BCUT2D eigenvalue weighted by Crippen LogP contribution is -2.27. The second-order valence-electron chi connectivity index (χ2n) is 3.29. The molecule has 0 amide bonds. The first-order valence-electron chi connectivity index (χ1n) is 4.82. The van der Waals surface area contributed by atoms with E-state index < -0.39 is 5.79 Å². The van der Waals surface area contributed by atoms with Gasteiger partial charge in [-0.05, 0) is 5.75 Å². The highest BCUT2D eigenvalue weighted by atomic mass is 32.1. The van der Waals surface area contributed by atoms with Gasteiger partial charge in [0.1, 0.15) is 0 Å². The monoisotopic (exact) mass is 210 g/mol. The van der Waals surface area contributed by atoms with E-state index in [1.165, 1.54) is 0 Å². The van der Waals surface area contributed by atoms with Crippen molar-refractivity contribution in [3.63, 3.8) is 0 Å². The Labute approximate surface area is 89.6 Å². The van der Waals surface area contributed by atoms with Crippen LogP contribution in [0.2, 0.25) is 0 Å². The fraction of sp³-hybridized carbons (Fsp3) is 0.455. The van der Waals surface area contributed by atoms with Crippen LogP contribution in [0.25, 0.3) is 0 Å². The first-order valence-corrected chi connectivity index (χ1v) is 5.45. The first-order chi connectivity index (χ1) is 6.87. The Bertz CT molecular complexity index is 281. The van der Waals surface area contributed by atoms with Crippen molar-refractivity contribution in [2.75, 3.05) is 19.0 Å². The molecule has 1 aliphatic heterocycles. The number of rotatable bonds is 3. The third-order valence-corrected chi connectivity index (χ3v) is 2.63. The molecule has 1 aliphatic rings. The first kappa shape index (κ1) is 10.0. The van der Waals surface area contributed by atoms with Gasteiger partial charge in [-0.3, -0.25) is 0 Å². The van der Waals surface area contributed by atoms with Crippen LogP contribution in [0.15, 0.2) is 30.3 Å². The highest BCUT2D eigenvalue weighted by Crippen LogP contribution is 2.34. The van der Waals surface area contributed by atoms with E-state index in [1.54, 1.807) is 0 Å². The van der Waals surface area contributed by atoms with Crippen LogP contribution in [0.4, 0.5) is 0 Å². The molecule has 3 heteroatoms. The van der Waals surface area contributed by atoms with Gasteiger partial charge in [-0.15, -0.1) is 0 Å². The molecule has 14 heavy (non-hydrogen) atoms. The summed E-state index contributed by atoms with van der Waals surface area (Å²) in [7, 11) is 0. The summed E-state index contributed by atoms with van der Waals surface area (Å²) in [5.41, 5.74) is 1.09. The zero-order valence-electron chi connectivity index (χ0n) is 7.98. The molecule has 0 aromatic heterocycles. The maximum absolute atomic E-state index is 5.70. The van der Waals surface area contributed by atoms with E-state index in [4.69, 9.17) is 9.47 Å². The summed E-state index contributed by atoms with van der Waals surface area (Å²) in [5, 5.41) is 0. The number of ether oxygens (including phenoxy) is 2. The Kier molecular flexibility index (Phi) is 3.11. The van der Waals surface area contributed by atoms with Gasteiger partial charge in [-0.1, -0.05) is 30.3 Å². The topological polar surface area (TPSA) is 18.5 Å². The summed E-state index contributed by atoms with van der Waals surface area (Å²) >= 11 is 4.24. The Hall–Kier alpha value is -0.510. The average molecular weight is 210 g/mol. The van der Waals surface area contributed by atoms with E-state index in [2.05, 4.69) is 12.6 Å². The number of benzene rings is 1. The van der Waals surface area contributed by atoms with Crippen LogP contribution >= 0.6 is 12.6 Å². The number of thiol groups is 1. The van der Waals surface area contributed by atoms with E-state index in [0.29, 0.717) is 13.2 Å². The van der Waals surface area contributed by atoms with E-state index in [-0.39, 0.29) is 0 Å². The predicted molar refractivity (Wildman–Crippen MR) is 58.5 cm³/mol. The van der Waals surface area contributed by atoms with Crippen LogP contribution in [-0.2, 0) is 15.3 Å². The van der Waals surface area contributed by atoms with Crippen LogP contribution < -0.4 is 0 Å². The van der Waals surface area contributed by atoms with Crippen molar-refractivity contribution in [1.82, 2.24) is 0 Å². The number of hydrogen-bond acceptors (Lipinski definition) is 3. The normalized spacial score (nSPS) is 19.8. The van der Waals surface area contributed by atoms with Crippen molar-refractivity contribution < 1.29 is 9.47 Å². The third-order valence-electron chi connectivity index (χ3n) is 2.41. The zero-order chi connectivity index (χ0) is 9.86. The van der Waals surface area contributed by atoms with E-state index >= 15 is 0 Å². The minimum Gasteiger partial charge on any atom is -0.343 e. The maximum atomic E-state index is 5.70. The lowest BCUT2D eigenvalue weighted by molar-refractivity contribution is -0.166. The second-order valence-corrected chi connectivity index (χ2v) is 3.74. The molecule has 2 rings (SSSR count). The van der Waals surface area contributed by atoms with Crippen LogP contribution in [0.5, 0.6) is 0 Å². The van der Waals surface area contributed by atoms with Crippen LogP contribution in [0, 0.1) is 0 Å². The minimum atomic E-state index is -0.539. The lowest BCUT2D eigenvalue weighted by atomic mass is 10.0. The zero-order valence-corrected chi connectivity index (χ0v) is 8.87. The van der Waals surface area contributed by atoms with Crippen molar-refractivity contribution in [1.29, 1.82) is 0 Å². The Morgan fingerprint density at radius 2 is 1.79 bits per heavy atom. The quantitative estimate of drug-likeness (QED) is 0.771. The molecule has 2 nitrogen and oxygen atoms in total. The fourth-order valence-corrected chi connectivity index (χ4v) is 2.04. The van der Waals surface area contributed by atoms with Crippen molar-refractivity contribution in [2.24, 2.45) is 0 Å². The van der Waals surface area contributed by atoms with E-state index in [0.717, 1.165) is 17.7 Å². The van der Waals surface area contributed by atoms with Gasteiger partial charge in [0.05, 0.1) is 13.2 Å². The lowest BCUT2D eigenvalue weighted by Gasteiger charge is -2.27. The van der Waals surface area contributed by atoms with Gasteiger partial charge < -0.3 is 9.47 Å². The molecule has 1 saturated heterocycles. The Morgan fingerprint density at radius 1 is 1.14 bits per heavy atom. The molecule has 76 valence electrons. The molecule has 0 N–H and O–H groups in total. The van der Waals surface area contributed by atoms with Crippen molar-refractivity contribution in [3.8, 4) is 0 Å². The molecule has 1 heterocycles. The van der Waals surface area contributed by atoms with Gasteiger partial charge in [-0.25, -0.2) is 0 Å². The molecule has 0 saturated carbocycles. The van der Waals surface area contributed by atoms with Crippen LogP contribution in [-0.4, -0.2) is 19.0 Å². The standard InChI is InChI=1S/C11H14O2S/c14-9-6-11(12-7-8-13-11)10-4-2-1-3-5-10/h1-5,14H,6-9H2. The molecular weight excluding hydrogens is 196 g/mol. The minimum absolute atomic E-state index is 0.539. The van der Waals surface area contributed by atoms with Crippen molar-refractivity contribution in [2.45, 2.75) is 12.2 Å². The summed E-state index contributed by atoms with van der Waals surface area (Å²) in [6, 6.07) is 10.1. The van der Waals surface area contributed by atoms with Gasteiger partial charge in [0.25, 0.3) is 0 Å². The van der Waals surface area contributed by atoms with Gasteiger partial charge in [-0.2, -0.15) is 12.6 Å². The summed E-state index contributed by atoms with van der Waals surface area (Å²) in [6.07, 6.45) is 0.792. The maximum Gasteiger partial charge on any atom is 0.195 e. The van der Waals surface area contributed by atoms with Gasteiger partial charge in [0, 0.05) is 12.0 Å². The Morgan fingerprint density at radius 3 is 2.36 bits per heavy atom. The van der Waals surface area contributed by atoms with Gasteiger partial charge in [0.2, 0.25) is 0 Å². The SMILES string of the molecule is SCCC1(c2ccccc2)OCCO1. The van der Waals surface area contributed by atoms with Gasteiger partial charge >= 0.3 is 0 Å². The van der Waals surface area contributed by atoms with Gasteiger partial charge in [0.15, 0.2) is 5.79 Å². The third kappa shape index (κ3) is 1.80. The van der Waals surface area contributed by atoms with Crippen LogP contribution in [0.3, 0.4) is 0 Å². The molecule has 0 bridgehead atoms. The van der Waals surface area contributed by atoms with E-state index in [9.17, 15) is 0 Å². The molecule has 0 atom stereocenters. The average Bonchev–Trinajstić information content (AvgIpc) is 2.70. The predicted octanol–water partition coefficient (Wildman–Crippen LogP) is 2.21. The molecule has 1 aromatic rings. The van der Waals surface area contributed by atoms with E-state index in [1.807, 2.05) is 30.3 Å². The van der Waals surface area contributed by atoms with Crippen LogP contribution in [0.1, 0.15) is 12.0 Å². The fourth-order valence-electron chi connectivity index (χ4n) is 1.75. The smallest absolute Gasteiger partial charge is 0.195 e. The largest absolute Gasteiger partial charge is 0.343 e. The van der Waals surface area contributed by atoms with Crippen molar-refractivity contribution in [3.05, 3.63) is 35.9 Å². The molecule has 1 fully saturated rings. The Balaban J connectivity index is 2.27. The molecule has 0 unspecified atom stereocenters. The number of hydrogen-bond donors (Lipinski definition) is 1. The summed E-state index contributed by atoms with van der Waals surface area (Å²) in [4.78, 5) is 0. The molecular formula is C11H14O2S. The molecule has 1 aromatic carbocycles. The molecule has 0 spiro atoms. The van der Waals surface area contributed by atoms with Crippen molar-refractivity contribution >= 4 is 12.6 Å². The highest BCUT2D eigenvalue weighted by Gasteiger charge is 2.37.